The monoisotopic (exact) mass is 270 g/mol. The number of benzene rings is 2. The first-order valence-electron chi connectivity index (χ1n) is 5.91. The number of carbonyl (C=O) groups excluding carboxylic acids is 1. The average molecular weight is 271 g/mol. The molecule has 1 amide bonds. The smallest absolute Gasteiger partial charge is 0.277 e. The summed E-state index contributed by atoms with van der Waals surface area (Å²) in [6, 6.07) is 12.7. The minimum atomic E-state index is -0.261. The first-order chi connectivity index (χ1) is 9.16. The van der Waals surface area contributed by atoms with E-state index in [1.807, 2.05) is 18.2 Å². The third-order valence-corrected chi connectivity index (χ3v) is 3.54. The molecule has 94 valence electrons. The molecule has 2 N–H and O–H groups in total. The molecular formula is C15H11ClN2O. The van der Waals surface area contributed by atoms with Crippen molar-refractivity contribution in [3.05, 3.63) is 64.2 Å². The van der Waals surface area contributed by atoms with Gasteiger partial charge in [-0.3, -0.25) is 4.79 Å². The summed E-state index contributed by atoms with van der Waals surface area (Å²) in [4.78, 5) is 16.2. The molecule has 0 spiro atoms. The van der Waals surface area contributed by atoms with E-state index in [4.69, 9.17) is 17.3 Å². The number of hydrogen-bond acceptors (Lipinski definition) is 2. The Kier molecular flexibility index (Phi) is 2.84. The van der Waals surface area contributed by atoms with Crippen molar-refractivity contribution in [1.82, 2.24) is 0 Å². The molecule has 0 bridgehead atoms. The van der Waals surface area contributed by atoms with Gasteiger partial charge in [0.15, 0.2) is 0 Å². The summed E-state index contributed by atoms with van der Waals surface area (Å²) >= 11 is 6.15. The fraction of sp³-hybridized carbons (Fsp3) is 0.0667. The predicted octanol–water partition coefficient (Wildman–Crippen LogP) is 3.11. The standard InChI is InChI=1S/C15H11ClN2O/c16-12-6-2-1-4-10(12)14-8-11-9(15(19)18-14)5-3-7-13(11)17/h1-7H,8,17H2. The maximum Gasteiger partial charge on any atom is 0.277 e. The van der Waals surface area contributed by atoms with Crippen LogP contribution in [0.4, 0.5) is 5.69 Å². The van der Waals surface area contributed by atoms with Gasteiger partial charge in [0.25, 0.3) is 5.91 Å². The molecule has 0 fully saturated rings. The Bertz CT molecular complexity index is 707. The summed E-state index contributed by atoms with van der Waals surface area (Å²) in [5, 5.41) is 0.590. The summed E-state index contributed by atoms with van der Waals surface area (Å²) in [7, 11) is 0. The van der Waals surface area contributed by atoms with Crippen molar-refractivity contribution in [1.29, 1.82) is 0 Å². The van der Waals surface area contributed by atoms with Crippen molar-refractivity contribution in [2.75, 3.05) is 5.73 Å². The Balaban J connectivity index is 2.12. The van der Waals surface area contributed by atoms with Crippen LogP contribution in [0.2, 0.25) is 5.02 Å². The van der Waals surface area contributed by atoms with Crippen LogP contribution in [0.15, 0.2) is 47.5 Å². The van der Waals surface area contributed by atoms with Crippen molar-refractivity contribution in [2.45, 2.75) is 6.42 Å². The summed E-state index contributed by atoms with van der Waals surface area (Å²) in [6.07, 6.45) is 0.525. The van der Waals surface area contributed by atoms with Gasteiger partial charge in [0.1, 0.15) is 0 Å². The lowest BCUT2D eigenvalue weighted by molar-refractivity contribution is 0.100. The summed E-state index contributed by atoms with van der Waals surface area (Å²) in [5.74, 6) is -0.261. The lowest BCUT2D eigenvalue weighted by Crippen LogP contribution is -2.19. The van der Waals surface area contributed by atoms with Gasteiger partial charge in [-0.05, 0) is 23.8 Å². The maximum atomic E-state index is 12.0. The maximum absolute atomic E-state index is 12.0. The molecule has 0 radical (unpaired) electrons. The number of nitrogens with zero attached hydrogens (tertiary/aromatic N) is 1. The summed E-state index contributed by atoms with van der Waals surface area (Å²) in [6.45, 7) is 0. The molecule has 0 unspecified atom stereocenters. The molecule has 1 aliphatic heterocycles. The van der Waals surface area contributed by atoms with E-state index in [1.165, 1.54) is 0 Å². The topological polar surface area (TPSA) is 55.4 Å². The zero-order valence-corrected chi connectivity index (χ0v) is 10.8. The molecule has 4 heteroatoms. The Morgan fingerprint density at radius 3 is 2.58 bits per heavy atom. The molecule has 0 saturated heterocycles. The molecule has 0 atom stereocenters. The van der Waals surface area contributed by atoms with E-state index in [-0.39, 0.29) is 5.91 Å². The van der Waals surface area contributed by atoms with Crippen LogP contribution in [0.1, 0.15) is 21.5 Å². The van der Waals surface area contributed by atoms with E-state index in [2.05, 4.69) is 4.99 Å². The van der Waals surface area contributed by atoms with Crippen molar-refractivity contribution in [3.8, 4) is 0 Å². The molecule has 2 aromatic rings. The van der Waals surface area contributed by atoms with Crippen LogP contribution in [-0.4, -0.2) is 11.6 Å². The highest BCUT2D eigenvalue weighted by Gasteiger charge is 2.22. The number of rotatable bonds is 1. The van der Waals surface area contributed by atoms with Gasteiger partial charge >= 0.3 is 0 Å². The fourth-order valence-electron chi connectivity index (χ4n) is 2.24. The van der Waals surface area contributed by atoms with E-state index in [0.717, 1.165) is 11.1 Å². The minimum absolute atomic E-state index is 0.261. The number of carbonyl (C=O) groups is 1. The number of nitrogens with two attached hydrogens (primary N) is 1. The lowest BCUT2D eigenvalue weighted by atomic mass is 9.93. The van der Waals surface area contributed by atoms with Crippen LogP contribution < -0.4 is 5.73 Å². The second kappa shape index (κ2) is 4.52. The predicted molar refractivity (Wildman–Crippen MR) is 76.9 cm³/mol. The van der Waals surface area contributed by atoms with Gasteiger partial charge in [0.05, 0.1) is 5.71 Å². The van der Waals surface area contributed by atoms with Gasteiger partial charge < -0.3 is 5.73 Å². The van der Waals surface area contributed by atoms with Gasteiger partial charge in [-0.25, -0.2) is 4.99 Å². The third kappa shape index (κ3) is 2.02. The van der Waals surface area contributed by atoms with E-state index in [9.17, 15) is 4.79 Å². The number of halogens is 1. The Morgan fingerprint density at radius 1 is 1.05 bits per heavy atom. The summed E-state index contributed by atoms with van der Waals surface area (Å²) < 4.78 is 0. The van der Waals surface area contributed by atoms with Crippen LogP contribution >= 0.6 is 11.6 Å². The molecule has 1 heterocycles. The molecule has 0 aromatic heterocycles. The number of nitrogen functional groups attached to an aromatic ring is 1. The van der Waals surface area contributed by atoms with Gasteiger partial charge in [0, 0.05) is 28.3 Å². The van der Waals surface area contributed by atoms with Crippen LogP contribution in [0.5, 0.6) is 0 Å². The zero-order chi connectivity index (χ0) is 13.4. The number of anilines is 1. The SMILES string of the molecule is Nc1cccc2c1CC(c1ccccc1Cl)=NC2=O. The van der Waals surface area contributed by atoms with Crippen LogP contribution in [0, 0.1) is 0 Å². The molecule has 0 aliphatic carbocycles. The highest BCUT2D eigenvalue weighted by Crippen LogP contribution is 2.27. The molecule has 1 aliphatic rings. The molecule has 3 nitrogen and oxygen atoms in total. The Hall–Kier alpha value is -2.13. The number of amides is 1. The van der Waals surface area contributed by atoms with Gasteiger partial charge in [-0.1, -0.05) is 35.9 Å². The second-order valence-electron chi connectivity index (χ2n) is 4.39. The van der Waals surface area contributed by atoms with Gasteiger partial charge in [0.2, 0.25) is 0 Å². The first kappa shape index (κ1) is 11.9. The van der Waals surface area contributed by atoms with Crippen molar-refractivity contribution >= 4 is 28.9 Å². The molecule has 0 saturated carbocycles. The van der Waals surface area contributed by atoms with Gasteiger partial charge in [-0.15, -0.1) is 0 Å². The van der Waals surface area contributed by atoms with Crippen LogP contribution in [0.3, 0.4) is 0 Å². The van der Waals surface area contributed by atoms with Crippen LogP contribution in [0.25, 0.3) is 0 Å². The highest BCUT2D eigenvalue weighted by molar-refractivity contribution is 6.35. The fourth-order valence-corrected chi connectivity index (χ4v) is 2.49. The molecule has 2 aromatic carbocycles. The van der Waals surface area contributed by atoms with Crippen molar-refractivity contribution in [2.24, 2.45) is 4.99 Å². The Labute approximate surface area is 115 Å². The van der Waals surface area contributed by atoms with E-state index in [1.54, 1.807) is 24.3 Å². The number of aliphatic imine (C=N–C) groups is 1. The molecular weight excluding hydrogens is 260 g/mol. The zero-order valence-electron chi connectivity index (χ0n) is 10.1. The normalized spacial score (nSPS) is 13.9. The van der Waals surface area contributed by atoms with Crippen molar-refractivity contribution in [3.63, 3.8) is 0 Å². The molecule has 3 rings (SSSR count). The van der Waals surface area contributed by atoms with Crippen LogP contribution in [-0.2, 0) is 6.42 Å². The Morgan fingerprint density at radius 2 is 1.79 bits per heavy atom. The number of hydrogen-bond donors (Lipinski definition) is 1. The molecule has 19 heavy (non-hydrogen) atoms. The third-order valence-electron chi connectivity index (χ3n) is 3.21. The highest BCUT2D eigenvalue weighted by atomic mass is 35.5. The average Bonchev–Trinajstić information content (AvgIpc) is 2.40. The van der Waals surface area contributed by atoms with Crippen molar-refractivity contribution < 1.29 is 4.79 Å². The summed E-state index contributed by atoms with van der Waals surface area (Å²) in [5.41, 5.74) is 9.42. The second-order valence-corrected chi connectivity index (χ2v) is 4.80. The number of fused-ring (bicyclic) bond motifs is 1. The lowest BCUT2D eigenvalue weighted by Gasteiger charge is -2.17. The quantitative estimate of drug-likeness (QED) is 0.810. The van der Waals surface area contributed by atoms with E-state index < -0.39 is 0 Å². The van der Waals surface area contributed by atoms with Gasteiger partial charge in [-0.2, -0.15) is 0 Å². The first-order valence-corrected chi connectivity index (χ1v) is 6.29. The largest absolute Gasteiger partial charge is 0.398 e. The van der Waals surface area contributed by atoms with E-state index in [0.29, 0.717) is 28.4 Å². The van der Waals surface area contributed by atoms with E-state index >= 15 is 0 Å². The minimum Gasteiger partial charge on any atom is -0.398 e.